The molecule has 1 N–H and O–H groups in total. The van der Waals surface area contributed by atoms with Gasteiger partial charge in [-0.25, -0.2) is 8.78 Å². The van der Waals surface area contributed by atoms with Crippen molar-refractivity contribution in [3.05, 3.63) is 30.1 Å². The molecular formula is C10H12F4N2. The van der Waals surface area contributed by atoms with E-state index in [4.69, 9.17) is 0 Å². The summed E-state index contributed by atoms with van der Waals surface area (Å²) in [6.45, 7) is -0.776. The van der Waals surface area contributed by atoms with Gasteiger partial charge in [0.2, 0.25) is 0 Å². The van der Waals surface area contributed by atoms with Gasteiger partial charge in [0, 0.05) is 12.4 Å². The minimum Gasteiger partial charge on any atom is -0.311 e. The van der Waals surface area contributed by atoms with Crippen LogP contribution in [0.1, 0.15) is 5.56 Å². The Morgan fingerprint density at radius 3 is 2.44 bits per heavy atom. The molecule has 0 radical (unpaired) electrons. The Balaban J connectivity index is 2.22. The predicted molar refractivity (Wildman–Crippen MR) is 51.8 cm³/mol. The van der Waals surface area contributed by atoms with Crippen LogP contribution in [0.3, 0.4) is 0 Å². The quantitative estimate of drug-likeness (QED) is 0.604. The Morgan fingerprint density at radius 2 is 1.88 bits per heavy atom. The van der Waals surface area contributed by atoms with Crippen molar-refractivity contribution in [2.75, 3.05) is 13.1 Å². The maximum atomic E-state index is 12.4. The first kappa shape index (κ1) is 12.9. The van der Waals surface area contributed by atoms with Gasteiger partial charge >= 0.3 is 12.3 Å². The second kappa shape index (κ2) is 5.79. The molecule has 0 aromatic carbocycles. The van der Waals surface area contributed by atoms with Gasteiger partial charge < -0.3 is 5.32 Å². The molecule has 0 bridgehead atoms. The first-order valence-corrected chi connectivity index (χ1v) is 4.78. The number of hydrogen-bond donors (Lipinski definition) is 1. The maximum absolute atomic E-state index is 12.4. The van der Waals surface area contributed by atoms with E-state index >= 15 is 0 Å². The molecule has 1 aromatic rings. The fourth-order valence-corrected chi connectivity index (χ4v) is 1.11. The fourth-order valence-electron chi connectivity index (χ4n) is 1.11. The summed E-state index contributed by atoms with van der Waals surface area (Å²) < 4.78 is 48.4. The molecule has 90 valence electrons. The average molecular weight is 236 g/mol. The Bertz CT molecular complexity index is 303. The van der Waals surface area contributed by atoms with Gasteiger partial charge in [-0.15, -0.1) is 0 Å². The molecule has 16 heavy (non-hydrogen) atoms. The van der Waals surface area contributed by atoms with Crippen molar-refractivity contribution in [2.24, 2.45) is 0 Å². The van der Waals surface area contributed by atoms with E-state index in [0.29, 0.717) is 6.42 Å². The molecule has 0 spiro atoms. The molecule has 0 atom stereocenters. The molecule has 0 saturated heterocycles. The predicted octanol–water partition coefficient (Wildman–Crippen LogP) is 2.11. The number of rotatable bonds is 6. The highest BCUT2D eigenvalue weighted by Gasteiger charge is 2.39. The Morgan fingerprint density at radius 1 is 1.25 bits per heavy atom. The van der Waals surface area contributed by atoms with Gasteiger partial charge in [0.15, 0.2) is 0 Å². The van der Waals surface area contributed by atoms with Gasteiger partial charge in [-0.3, -0.25) is 4.98 Å². The number of pyridine rings is 1. The largest absolute Gasteiger partial charge is 0.319 e. The molecule has 0 amide bonds. The smallest absolute Gasteiger partial charge is 0.311 e. The Kier molecular flexibility index (Phi) is 4.67. The third kappa shape index (κ3) is 4.14. The summed E-state index contributed by atoms with van der Waals surface area (Å²) in [5.74, 6) is -3.96. The van der Waals surface area contributed by atoms with Crippen LogP contribution in [0.15, 0.2) is 24.5 Å². The third-order valence-electron chi connectivity index (χ3n) is 2.02. The summed E-state index contributed by atoms with van der Waals surface area (Å²) in [5.41, 5.74) is 0.919. The Labute approximate surface area is 90.7 Å². The monoisotopic (exact) mass is 236 g/mol. The van der Waals surface area contributed by atoms with E-state index in [0.717, 1.165) is 5.56 Å². The molecule has 2 nitrogen and oxygen atoms in total. The summed E-state index contributed by atoms with van der Waals surface area (Å²) in [6, 6.07) is 3.49. The lowest BCUT2D eigenvalue weighted by molar-refractivity contribution is -0.125. The van der Waals surface area contributed by atoms with Crippen molar-refractivity contribution in [1.29, 1.82) is 0 Å². The zero-order valence-corrected chi connectivity index (χ0v) is 8.47. The van der Waals surface area contributed by atoms with Crippen molar-refractivity contribution in [3.8, 4) is 0 Å². The number of nitrogens with zero attached hydrogens (tertiary/aromatic N) is 1. The van der Waals surface area contributed by atoms with Crippen molar-refractivity contribution < 1.29 is 17.6 Å². The van der Waals surface area contributed by atoms with Crippen LogP contribution in [0.5, 0.6) is 0 Å². The van der Waals surface area contributed by atoms with E-state index in [1.807, 2.05) is 0 Å². The van der Waals surface area contributed by atoms with E-state index in [2.05, 4.69) is 10.3 Å². The van der Waals surface area contributed by atoms with E-state index in [1.165, 1.54) is 0 Å². The van der Waals surface area contributed by atoms with Crippen LogP contribution in [-0.4, -0.2) is 30.4 Å². The molecule has 0 aliphatic carbocycles. The van der Waals surface area contributed by atoms with Crippen LogP contribution in [0, 0.1) is 0 Å². The van der Waals surface area contributed by atoms with E-state index in [9.17, 15) is 17.6 Å². The first-order chi connectivity index (χ1) is 7.52. The van der Waals surface area contributed by atoms with Crippen LogP contribution < -0.4 is 5.32 Å². The molecule has 1 heterocycles. The van der Waals surface area contributed by atoms with Crippen LogP contribution in [0.25, 0.3) is 0 Å². The van der Waals surface area contributed by atoms with Gasteiger partial charge in [0.05, 0.1) is 6.54 Å². The fraction of sp³-hybridized carbons (Fsp3) is 0.500. The number of alkyl halides is 4. The molecule has 0 fully saturated rings. The van der Waals surface area contributed by atoms with E-state index < -0.39 is 18.9 Å². The van der Waals surface area contributed by atoms with Gasteiger partial charge in [-0.1, -0.05) is 0 Å². The summed E-state index contributed by atoms with van der Waals surface area (Å²) in [4.78, 5) is 3.80. The van der Waals surface area contributed by atoms with Crippen molar-refractivity contribution >= 4 is 0 Å². The first-order valence-electron chi connectivity index (χ1n) is 4.78. The number of hydrogen-bond acceptors (Lipinski definition) is 2. The second-order valence-electron chi connectivity index (χ2n) is 3.34. The van der Waals surface area contributed by atoms with Gasteiger partial charge in [0.25, 0.3) is 0 Å². The average Bonchev–Trinajstić information content (AvgIpc) is 2.26. The minimum atomic E-state index is -3.96. The summed E-state index contributed by atoms with van der Waals surface area (Å²) in [5, 5.41) is 2.31. The number of nitrogens with one attached hydrogen (secondary N) is 1. The van der Waals surface area contributed by atoms with Crippen LogP contribution in [-0.2, 0) is 6.42 Å². The standard InChI is InChI=1S/C10H12F4N2/c11-9(12)10(13,14)7-16-6-3-8-1-4-15-5-2-8/h1-2,4-5,9,16H,3,6-7H2. The van der Waals surface area contributed by atoms with Gasteiger partial charge in [0.1, 0.15) is 0 Å². The lowest BCUT2D eigenvalue weighted by Gasteiger charge is -2.15. The highest BCUT2D eigenvalue weighted by Crippen LogP contribution is 2.21. The molecule has 0 unspecified atom stereocenters. The summed E-state index contributed by atoms with van der Waals surface area (Å²) in [6.07, 6.45) is 0.0505. The minimum absolute atomic E-state index is 0.228. The second-order valence-corrected chi connectivity index (χ2v) is 3.34. The normalized spacial score (nSPS) is 12.1. The lowest BCUT2D eigenvalue weighted by Crippen LogP contribution is -2.39. The topological polar surface area (TPSA) is 24.9 Å². The van der Waals surface area contributed by atoms with E-state index in [-0.39, 0.29) is 6.54 Å². The zero-order chi connectivity index (χ0) is 12.0. The van der Waals surface area contributed by atoms with Crippen LogP contribution in [0.2, 0.25) is 0 Å². The van der Waals surface area contributed by atoms with Gasteiger partial charge in [-0.05, 0) is 30.7 Å². The SMILES string of the molecule is FC(F)C(F)(F)CNCCc1ccncc1. The summed E-state index contributed by atoms with van der Waals surface area (Å²) in [7, 11) is 0. The molecule has 1 aromatic heterocycles. The van der Waals surface area contributed by atoms with Crippen molar-refractivity contribution in [1.82, 2.24) is 10.3 Å². The van der Waals surface area contributed by atoms with Crippen molar-refractivity contribution in [2.45, 2.75) is 18.8 Å². The highest BCUT2D eigenvalue weighted by molar-refractivity contribution is 5.09. The Hall–Kier alpha value is -1.17. The van der Waals surface area contributed by atoms with Crippen LogP contribution in [0.4, 0.5) is 17.6 Å². The number of halogens is 4. The highest BCUT2D eigenvalue weighted by atomic mass is 19.3. The van der Waals surface area contributed by atoms with Crippen LogP contribution >= 0.6 is 0 Å². The van der Waals surface area contributed by atoms with Gasteiger partial charge in [-0.2, -0.15) is 8.78 Å². The third-order valence-corrected chi connectivity index (χ3v) is 2.02. The summed E-state index contributed by atoms with van der Waals surface area (Å²) >= 11 is 0. The molecule has 1 rings (SSSR count). The van der Waals surface area contributed by atoms with Crippen molar-refractivity contribution in [3.63, 3.8) is 0 Å². The maximum Gasteiger partial charge on any atom is 0.319 e. The molecule has 6 heteroatoms. The number of aromatic nitrogens is 1. The zero-order valence-electron chi connectivity index (χ0n) is 8.47. The molecule has 0 saturated carbocycles. The molecule has 0 aliphatic heterocycles. The molecule has 0 aliphatic rings. The molecular weight excluding hydrogens is 224 g/mol. The van der Waals surface area contributed by atoms with E-state index in [1.54, 1.807) is 24.5 Å². The lowest BCUT2D eigenvalue weighted by atomic mass is 10.2.